The van der Waals surface area contributed by atoms with E-state index in [0.29, 0.717) is 23.3 Å². The highest BCUT2D eigenvalue weighted by atomic mass is 19.1. The van der Waals surface area contributed by atoms with Gasteiger partial charge < -0.3 is 10.3 Å². The van der Waals surface area contributed by atoms with Crippen LogP contribution in [0.4, 0.5) is 14.6 Å². The molecule has 0 saturated carbocycles. The Morgan fingerprint density at radius 3 is 2.44 bits per heavy atom. The second kappa shape index (κ2) is 3.92. The lowest BCUT2D eigenvalue weighted by atomic mass is 10.1. The predicted octanol–water partition coefficient (Wildman–Crippen LogP) is 2.76. The van der Waals surface area contributed by atoms with Crippen molar-refractivity contribution in [1.82, 2.24) is 5.16 Å². The molecule has 0 saturated heterocycles. The SMILES string of the molecule is CCc1c(N)noc1-c1cc(F)cc(F)c1. The van der Waals surface area contributed by atoms with Gasteiger partial charge in [0.15, 0.2) is 11.6 Å². The smallest absolute Gasteiger partial charge is 0.172 e. The van der Waals surface area contributed by atoms with E-state index in [1.165, 1.54) is 12.1 Å². The summed E-state index contributed by atoms with van der Waals surface area (Å²) in [6.07, 6.45) is 0.586. The van der Waals surface area contributed by atoms with Gasteiger partial charge in [-0.2, -0.15) is 0 Å². The third-order valence-electron chi connectivity index (χ3n) is 2.30. The van der Waals surface area contributed by atoms with Crippen LogP contribution in [0.5, 0.6) is 0 Å². The quantitative estimate of drug-likeness (QED) is 0.853. The Morgan fingerprint density at radius 2 is 1.88 bits per heavy atom. The maximum Gasteiger partial charge on any atom is 0.172 e. The lowest BCUT2D eigenvalue weighted by molar-refractivity contribution is 0.434. The molecule has 0 amide bonds. The van der Waals surface area contributed by atoms with Crippen LogP contribution in [0.3, 0.4) is 0 Å². The molecule has 5 heteroatoms. The van der Waals surface area contributed by atoms with E-state index in [1.54, 1.807) is 0 Å². The minimum atomic E-state index is -0.660. The Kier molecular flexibility index (Phi) is 2.60. The number of aromatic nitrogens is 1. The van der Waals surface area contributed by atoms with E-state index in [2.05, 4.69) is 5.16 Å². The number of nitrogens with zero attached hydrogens (tertiary/aromatic N) is 1. The molecule has 0 aliphatic heterocycles. The molecule has 16 heavy (non-hydrogen) atoms. The summed E-state index contributed by atoms with van der Waals surface area (Å²) in [5, 5.41) is 3.58. The van der Waals surface area contributed by atoms with E-state index < -0.39 is 11.6 Å². The van der Waals surface area contributed by atoms with Crippen LogP contribution in [0.1, 0.15) is 12.5 Å². The monoisotopic (exact) mass is 224 g/mol. The summed E-state index contributed by atoms with van der Waals surface area (Å²) < 4.78 is 31.0. The molecular formula is C11H10F2N2O. The van der Waals surface area contributed by atoms with Crippen LogP contribution < -0.4 is 5.73 Å². The molecular weight excluding hydrogens is 214 g/mol. The van der Waals surface area contributed by atoms with E-state index in [9.17, 15) is 8.78 Å². The van der Waals surface area contributed by atoms with Gasteiger partial charge in [-0.1, -0.05) is 12.1 Å². The summed E-state index contributed by atoms with van der Waals surface area (Å²) in [5.74, 6) is -0.750. The van der Waals surface area contributed by atoms with E-state index in [1.807, 2.05) is 6.92 Å². The number of benzene rings is 1. The van der Waals surface area contributed by atoms with Crippen molar-refractivity contribution >= 4 is 5.82 Å². The molecule has 1 aromatic heterocycles. The Bertz CT molecular complexity index is 502. The normalized spacial score (nSPS) is 10.7. The van der Waals surface area contributed by atoms with Crippen LogP contribution in [0.15, 0.2) is 22.7 Å². The molecule has 3 nitrogen and oxygen atoms in total. The van der Waals surface area contributed by atoms with Gasteiger partial charge in [0.25, 0.3) is 0 Å². The molecule has 1 aromatic carbocycles. The summed E-state index contributed by atoms with van der Waals surface area (Å²) in [7, 11) is 0. The van der Waals surface area contributed by atoms with Gasteiger partial charge in [0.1, 0.15) is 11.6 Å². The molecule has 0 bridgehead atoms. The fraction of sp³-hybridized carbons (Fsp3) is 0.182. The Hall–Kier alpha value is -1.91. The molecule has 2 aromatic rings. The van der Waals surface area contributed by atoms with Crippen molar-refractivity contribution in [3.63, 3.8) is 0 Å². The van der Waals surface area contributed by atoms with Crippen LogP contribution in [-0.2, 0) is 6.42 Å². The van der Waals surface area contributed by atoms with Crippen molar-refractivity contribution in [2.45, 2.75) is 13.3 Å². The second-order valence-corrected chi connectivity index (χ2v) is 3.39. The number of anilines is 1. The van der Waals surface area contributed by atoms with Gasteiger partial charge in [0.2, 0.25) is 0 Å². The molecule has 84 valence electrons. The van der Waals surface area contributed by atoms with Crippen LogP contribution in [0, 0.1) is 11.6 Å². The van der Waals surface area contributed by atoms with Crippen molar-refractivity contribution < 1.29 is 13.3 Å². The van der Waals surface area contributed by atoms with Gasteiger partial charge in [-0.25, -0.2) is 8.78 Å². The van der Waals surface area contributed by atoms with E-state index in [0.717, 1.165) is 6.07 Å². The highest BCUT2D eigenvalue weighted by Gasteiger charge is 2.15. The number of hydrogen-bond acceptors (Lipinski definition) is 3. The number of nitrogens with two attached hydrogens (primary N) is 1. The third kappa shape index (κ3) is 1.76. The molecule has 0 atom stereocenters. The fourth-order valence-electron chi connectivity index (χ4n) is 1.57. The lowest BCUT2D eigenvalue weighted by Crippen LogP contribution is -1.91. The molecule has 0 radical (unpaired) electrons. The summed E-state index contributed by atoms with van der Waals surface area (Å²) in [6.45, 7) is 1.86. The standard InChI is InChI=1S/C11H10F2N2O/c1-2-9-10(16-15-11(9)14)6-3-7(12)5-8(13)4-6/h3-5H,2H2,1H3,(H2,14,15). The second-order valence-electron chi connectivity index (χ2n) is 3.39. The van der Waals surface area contributed by atoms with Gasteiger partial charge in [0, 0.05) is 17.2 Å². The van der Waals surface area contributed by atoms with Crippen molar-refractivity contribution in [3.8, 4) is 11.3 Å². The van der Waals surface area contributed by atoms with Crippen LogP contribution in [0.25, 0.3) is 11.3 Å². The lowest BCUT2D eigenvalue weighted by Gasteiger charge is -2.00. The number of nitrogen functional groups attached to an aromatic ring is 1. The maximum atomic E-state index is 13.0. The molecule has 0 spiro atoms. The number of rotatable bonds is 2. The van der Waals surface area contributed by atoms with Crippen molar-refractivity contribution in [2.24, 2.45) is 0 Å². The molecule has 0 fully saturated rings. The number of halogens is 2. The minimum absolute atomic E-state index is 0.252. The molecule has 0 aliphatic carbocycles. The number of hydrogen-bond donors (Lipinski definition) is 1. The highest BCUT2D eigenvalue weighted by molar-refractivity contribution is 5.66. The largest absolute Gasteiger partial charge is 0.381 e. The zero-order valence-electron chi connectivity index (χ0n) is 8.63. The van der Waals surface area contributed by atoms with Crippen molar-refractivity contribution in [3.05, 3.63) is 35.4 Å². The first kappa shape index (κ1) is 10.6. The van der Waals surface area contributed by atoms with E-state index >= 15 is 0 Å². The van der Waals surface area contributed by atoms with E-state index in [-0.39, 0.29) is 5.82 Å². The van der Waals surface area contributed by atoms with Gasteiger partial charge in [-0.3, -0.25) is 0 Å². The molecule has 0 unspecified atom stereocenters. The predicted molar refractivity (Wildman–Crippen MR) is 55.6 cm³/mol. The summed E-state index contributed by atoms with van der Waals surface area (Å²) >= 11 is 0. The summed E-state index contributed by atoms with van der Waals surface area (Å²) in [6, 6.07) is 3.17. The van der Waals surface area contributed by atoms with Gasteiger partial charge >= 0.3 is 0 Å². The first-order chi connectivity index (χ1) is 7.61. The first-order valence-electron chi connectivity index (χ1n) is 4.82. The highest BCUT2D eigenvalue weighted by Crippen LogP contribution is 2.29. The van der Waals surface area contributed by atoms with Gasteiger partial charge in [-0.05, 0) is 18.6 Å². The van der Waals surface area contributed by atoms with Crippen LogP contribution in [-0.4, -0.2) is 5.16 Å². The van der Waals surface area contributed by atoms with Crippen molar-refractivity contribution in [1.29, 1.82) is 0 Å². The average molecular weight is 224 g/mol. The molecule has 2 rings (SSSR count). The van der Waals surface area contributed by atoms with Gasteiger partial charge in [-0.15, -0.1) is 0 Å². The van der Waals surface area contributed by atoms with Gasteiger partial charge in [0.05, 0.1) is 0 Å². The molecule has 0 aliphatic rings. The zero-order chi connectivity index (χ0) is 11.7. The van der Waals surface area contributed by atoms with E-state index in [4.69, 9.17) is 10.3 Å². The third-order valence-corrected chi connectivity index (χ3v) is 2.30. The molecule has 2 N–H and O–H groups in total. The maximum absolute atomic E-state index is 13.0. The minimum Gasteiger partial charge on any atom is -0.381 e. The Labute approximate surface area is 90.9 Å². The Balaban J connectivity index is 2.58. The first-order valence-corrected chi connectivity index (χ1v) is 4.82. The summed E-state index contributed by atoms with van der Waals surface area (Å²) in [4.78, 5) is 0. The van der Waals surface area contributed by atoms with Crippen LogP contribution >= 0.6 is 0 Å². The van der Waals surface area contributed by atoms with Crippen molar-refractivity contribution in [2.75, 3.05) is 5.73 Å². The molecule has 1 heterocycles. The Morgan fingerprint density at radius 1 is 1.25 bits per heavy atom. The zero-order valence-corrected chi connectivity index (χ0v) is 8.63. The van der Waals surface area contributed by atoms with Crippen LogP contribution in [0.2, 0.25) is 0 Å². The fourth-order valence-corrected chi connectivity index (χ4v) is 1.57. The summed E-state index contributed by atoms with van der Waals surface area (Å²) in [5.41, 5.74) is 6.53. The topological polar surface area (TPSA) is 52.0 Å². The average Bonchev–Trinajstić information content (AvgIpc) is 2.58.